The average molecular weight is 223 g/mol. The molecular formula is C13H18FNO. The van der Waals surface area contributed by atoms with Crippen molar-refractivity contribution in [3.05, 3.63) is 42.2 Å². The molecule has 0 aliphatic rings. The number of hydrogen-bond acceptors (Lipinski definition) is 2. The van der Waals surface area contributed by atoms with Crippen LogP contribution in [-0.2, 0) is 0 Å². The summed E-state index contributed by atoms with van der Waals surface area (Å²) in [5, 5.41) is 3.10. The van der Waals surface area contributed by atoms with E-state index in [2.05, 4.69) is 11.9 Å². The monoisotopic (exact) mass is 223 g/mol. The molecule has 2 atom stereocenters. The average Bonchev–Trinajstić information content (AvgIpc) is 2.28. The Labute approximate surface area is 96.1 Å². The number of rotatable bonds is 5. The van der Waals surface area contributed by atoms with E-state index in [0.29, 0.717) is 5.75 Å². The van der Waals surface area contributed by atoms with Gasteiger partial charge in [-0.2, -0.15) is 0 Å². The molecule has 16 heavy (non-hydrogen) atoms. The first kappa shape index (κ1) is 12.7. The minimum atomic E-state index is -0.293. The topological polar surface area (TPSA) is 21.3 Å². The Morgan fingerprint density at radius 1 is 1.44 bits per heavy atom. The lowest BCUT2D eigenvalue weighted by Crippen LogP contribution is -2.16. The Morgan fingerprint density at radius 3 is 2.69 bits per heavy atom. The number of nitrogens with one attached hydrogen (secondary N) is 1. The molecule has 0 aromatic heterocycles. The molecule has 0 spiro atoms. The van der Waals surface area contributed by atoms with Gasteiger partial charge in [0, 0.05) is 17.7 Å². The van der Waals surface area contributed by atoms with Crippen LogP contribution in [0.5, 0.6) is 5.75 Å². The van der Waals surface area contributed by atoms with Gasteiger partial charge < -0.3 is 10.1 Å². The highest BCUT2D eigenvalue weighted by atomic mass is 19.1. The second-order valence-corrected chi connectivity index (χ2v) is 3.75. The number of benzene rings is 1. The summed E-state index contributed by atoms with van der Waals surface area (Å²) in [6, 6.07) is 4.70. The van der Waals surface area contributed by atoms with Gasteiger partial charge in [-0.3, -0.25) is 0 Å². The fraction of sp³-hybridized carbons (Fsp3) is 0.385. The molecule has 0 amide bonds. The largest absolute Gasteiger partial charge is 0.486 e. The van der Waals surface area contributed by atoms with Crippen LogP contribution >= 0.6 is 0 Å². The Bertz CT molecular complexity index is 365. The van der Waals surface area contributed by atoms with Crippen LogP contribution < -0.4 is 10.1 Å². The predicted molar refractivity (Wildman–Crippen MR) is 64.2 cm³/mol. The van der Waals surface area contributed by atoms with Crippen molar-refractivity contribution in [1.29, 1.82) is 0 Å². The molecule has 1 aromatic carbocycles. The van der Waals surface area contributed by atoms with Crippen LogP contribution in [-0.4, -0.2) is 13.2 Å². The maximum atomic E-state index is 13.1. The molecule has 1 rings (SSSR count). The van der Waals surface area contributed by atoms with Crippen molar-refractivity contribution in [3.8, 4) is 5.75 Å². The third-order valence-corrected chi connectivity index (χ3v) is 2.52. The highest BCUT2D eigenvalue weighted by molar-refractivity contribution is 5.36. The van der Waals surface area contributed by atoms with Gasteiger partial charge >= 0.3 is 0 Å². The molecule has 88 valence electrons. The van der Waals surface area contributed by atoms with Gasteiger partial charge in [-0.05, 0) is 27.0 Å². The zero-order valence-electron chi connectivity index (χ0n) is 9.96. The van der Waals surface area contributed by atoms with Crippen molar-refractivity contribution in [1.82, 2.24) is 5.32 Å². The quantitative estimate of drug-likeness (QED) is 0.775. The van der Waals surface area contributed by atoms with Gasteiger partial charge in [-0.15, -0.1) is 0 Å². The molecule has 2 unspecified atom stereocenters. The summed E-state index contributed by atoms with van der Waals surface area (Å²) >= 11 is 0. The van der Waals surface area contributed by atoms with Crippen molar-refractivity contribution in [2.45, 2.75) is 26.0 Å². The molecule has 0 bridgehead atoms. The molecule has 0 fully saturated rings. The van der Waals surface area contributed by atoms with Crippen LogP contribution in [0.4, 0.5) is 4.39 Å². The van der Waals surface area contributed by atoms with Crippen LogP contribution in [0, 0.1) is 5.82 Å². The van der Waals surface area contributed by atoms with Crippen LogP contribution in [0.25, 0.3) is 0 Å². The van der Waals surface area contributed by atoms with E-state index in [0.717, 1.165) is 5.56 Å². The second kappa shape index (κ2) is 5.66. The second-order valence-electron chi connectivity index (χ2n) is 3.75. The molecule has 1 aromatic rings. The Kier molecular flexibility index (Phi) is 4.50. The van der Waals surface area contributed by atoms with E-state index < -0.39 is 0 Å². The van der Waals surface area contributed by atoms with E-state index in [1.807, 2.05) is 20.9 Å². The zero-order valence-corrected chi connectivity index (χ0v) is 9.96. The lowest BCUT2D eigenvalue weighted by Gasteiger charge is -2.18. The van der Waals surface area contributed by atoms with Crippen molar-refractivity contribution in [2.24, 2.45) is 0 Å². The first-order valence-electron chi connectivity index (χ1n) is 5.34. The standard InChI is InChI=1S/C13H18FNO/c1-5-9(2)16-13-8-11(14)6-7-12(13)10(3)15-4/h5-10,15H,1H2,2-4H3. The molecule has 1 N–H and O–H groups in total. The normalized spacial score (nSPS) is 14.2. The fourth-order valence-corrected chi connectivity index (χ4v) is 1.37. The zero-order chi connectivity index (χ0) is 12.1. The van der Waals surface area contributed by atoms with E-state index in [-0.39, 0.29) is 18.0 Å². The fourth-order valence-electron chi connectivity index (χ4n) is 1.37. The van der Waals surface area contributed by atoms with E-state index in [1.54, 1.807) is 12.1 Å². The van der Waals surface area contributed by atoms with Crippen LogP contribution in [0.1, 0.15) is 25.5 Å². The molecule has 0 saturated carbocycles. The summed E-state index contributed by atoms with van der Waals surface area (Å²) in [5.41, 5.74) is 0.942. The van der Waals surface area contributed by atoms with E-state index in [1.165, 1.54) is 12.1 Å². The lowest BCUT2D eigenvalue weighted by atomic mass is 10.1. The molecular weight excluding hydrogens is 205 g/mol. The van der Waals surface area contributed by atoms with Crippen LogP contribution in [0.15, 0.2) is 30.9 Å². The summed E-state index contributed by atoms with van der Waals surface area (Å²) in [6.45, 7) is 7.50. The van der Waals surface area contributed by atoms with Gasteiger partial charge in [0.15, 0.2) is 0 Å². The lowest BCUT2D eigenvalue weighted by molar-refractivity contribution is 0.264. The smallest absolute Gasteiger partial charge is 0.127 e. The van der Waals surface area contributed by atoms with Gasteiger partial charge in [0.25, 0.3) is 0 Å². The summed E-state index contributed by atoms with van der Waals surface area (Å²) in [6.07, 6.45) is 1.54. The van der Waals surface area contributed by atoms with Gasteiger partial charge in [0.05, 0.1) is 0 Å². The minimum absolute atomic E-state index is 0.118. The predicted octanol–water partition coefficient (Wildman–Crippen LogP) is 3.06. The number of ether oxygens (including phenoxy) is 1. The number of hydrogen-bond donors (Lipinski definition) is 1. The first-order valence-corrected chi connectivity index (χ1v) is 5.34. The van der Waals surface area contributed by atoms with Crippen LogP contribution in [0.2, 0.25) is 0 Å². The Balaban J connectivity index is 3.02. The highest BCUT2D eigenvalue weighted by Gasteiger charge is 2.12. The van der Waals surface area contributed by atoms with Gasteiger partial charge in [0.2, 0.25) is 0 Å². The SMILES string of the molecule is C=CC(C)Oc1cc(F)ccc1C(C)NC. The summed E-state index contributed by atoms with van der Waals surface area (Å²) < 4.78 is 18.7. The van der Waals surface area contributed by atoms with Crippen LogP contribution in [0.3, 0.4) is 0 Å². The summed E-state index contributed by atoms with van der Waals surface area (Å²) in [4.78, 5) is 0. The highest BCUT2D eigenvalue weighted by Crippen LogP contribution is 2.26. The molecule has 0 aliphatic carbocycles. The van der Waals surface area contributed by atoms with E-state index >= 15 is 0 Å². The van der Waals surface area contributed by atoms with Crippen molar-refractivity contribution in [2.75, 3.05) is 7.05 Å². The summed E-state index contributed by atoms with van der Waals surface area (Å²) in [5.74, 6) is 0.271. The van der Waals surface area contributed by atoms with E-state index in [9.17, 15) is 4.39 Å². The van der Waals surface area contributed by atoms with E-state index in [4.69, 9.17) is 4.74 Å². The molecule has 2 nitrogen and oxygen atoms in total. The third-order valence-electron chi connectivity index (χ3n) is 2.52. The number of halogens is 1. The molecule has 0 aliphatic heterocycles. The molecule has 3 heteroatoms. The van der Waals surface area contributed by atoms with Crippen molar-refractivity contribution >= 4 is 0 Å². The first-order chi connectivity index (χ1) is 7.58. The minimum Gasteiger partial charge on any atom is -0.486 e. The molecule has 0 radical (unpaired) electrons. The van der Waals surface area contributed by atoms with Crippen molar-refractivity contribution < 1.29 is 9.13 Å². The Morgan fingerprint density at radius 2 is 2.12 bits per heavy atom. The maximum absolute atomic E-state index is 13.1. The Hall–Kier alpha value is -1.35. The maximum Gasteiger partial charge on any atom is 0.127 e. The molecule has 0 saturated heterocycles. The van der Waals surface area contributed by atoms with Gasteiger partial charge in [-0.1, -0.05) is 18.7 Å². The summed E-state index contributed by atoms with van der Waals surface area (Å²) in [7, 11) is 1.86. The van der Waals surface area contributed by atoms with Gasteiger partial charge in [-0.25, -0.2) is 4.39 Å². The third kappa shape index (κ3) is 3.07. The van der Waals surface area contributed by atoms with Gasteiger partial charge in [0.1, 0.15) is 17.7 Å². The van der Waals surface area contributed by atoms with Crippen molar-refractivity contribution in [3.63, 3.8) is 0 Å². The molecule has 0 heterocycles.